The summed E-state index contributed by atoms with van der Waals surface area (Å²) in [4.78, 5) is 14.6. The molecule has 0 bridgehead atoms. The van der Waals surface area contributed by atoms with Crippen molar-refractivity contribution in [1.29, 1.82) is 0 Å². The summed E-state index contributed by atoms with van der Waals surface area (Å²) in [7, 11) is 0. The summed E-state index contributed by atoms with van der Waals surface area (Å²) in [6.07, 6.45) is 1.51. The summed E-state index contributed by atoms with van der Waals surface area (Å²) in [6.45, 7) is 6.23. The van der Waals surface area contributed by atoms with Gasteiger partial charge in [-0.3, -0.25) is 15.1 Å². The lowest BCUT2D eigenvalue weighted by molar-refractivity contribution is -0.384. The Morgan fingerprint density at radius 3 is 2.55 bits per heavy atom. The zero-order chi connectivity index (χ0) is 16.3. The molecule has 0 amide bonds. The summed E-state index contributed by atoms with van der Waals surface area (Å²) in [6, 6.07) is 11.5. The summed E-state index contributed by atoms with van der Waals surface area (Å²) in [5.41, 5.74) is 2.06. The molecule has 1 N–H and O–H groups in total. The molecule has 2 aromatic rings. The minimum Gasteiger partial charge on any atom is -0.506 e. The van der Waals surface area contributed by atoms with Gasteiger partial charge in [0.25, 0.3) is 5.69 Å². The van der Waals surface area contributed by atoms with E-state index in [1.165, 1.54) is 18.3 Å². The molecule has 2 rings (SSSR count). The Hall–Kier alpha value is -2.69. The Kier molecular flexibility index (Phi) is 4.26. The highest BCUT2D eigenvalue weighted by Crippen LogP contribution is 2.32. The van der Waals surface area contributed by atoms with E-state index in [0.717, 1.165) is 5.56 Å². The van der Waals surface area contributed by atoms with Crippen LogP contribution in [0.5, 0.6) is 5.75 Å². The molecule has 0 fully saturated rings. The lowest BCUT2D eigenvalue weighted by Gasteiger charge is -2.19. The molecule has 0 saturated carbocycles. The fourth-order valence-corrected chi connectivity index (χ4v) is 1.96. The Balaban J connectivity index is 2.34. The third-order valence-corrected chi connectivity index (χ3v) is 3.28. The number of nitrogens with zero attached hydrogens (tertiary/aromatic N) is 2. The molecular formula is C17H18N2O3. The molecule has 0 spiro atoms. The van der Waals surface area contributed by atoms with Gasteiger partial charge in [0.2, 0.25) is 0 Å². The van der Waals surface area contributed by atoms with Gasteiger partial charge in [-0.1, -0.05) is 39.0 Å². The average Bonchev–Trinajstić information content (AvgIpc) is 2.45. The first kappa shape index (κ1) is 15.7. The van der Waals surface area contributed by atoms with Gasteiger partial charge in [-0.15, -0.1) is 0 Å². The number of rotatable bonds is 3. The van der Waals surface area contributed by atoms with Crippen molar-refractivity contribution in [2.24, 2.45) is 4.99 Å². The predicted octanol–water partition coefficient (Wildman–Crippen LogP) is 4.35. The van der Waals surface area contributed by atoms with Gasteiger partial charge in [0.1, 0.15) is 11.4 Å². The zero-order valence-electron chi connectivity index (χ0n) is 12.8. The van der Waals surface area contributed by atoms with Crippen molar-refractivity contribution < 1.29 is 10.0 Å². The van der Waals surface area contributed by atoms with E-state index in [1.807, 2.05) is 12.1 Å². The van der Waals surface area contributed by atoms with Gasteiger partial charge in [-0.2, -0.15) is 0 Å². The zero-order valence-corrected chi connectivity index (χ0v) is 12.8. The van der Waals surface area contributed by atoms with Gasteiger partial charge in [0.05, 0.1) is 4.92 Å². The second kappa shape index (κ2) is 5.97. The molecule has 0 radical (unpaired) electrons. The number of hydrogen-bond donors (Lipinski definition) is 1. The SMILES string of the molecule is CC(C)(C)c1ccc(O)c(/N=C/c2cccc([N+](=O)[O-])c2)c1. The van der Waals surface area contributed by atoms with E-state index in [1.54, 1.807) is 18.2 Å². The molecule has 0 aliphatic carbocycles. The van der Waals surface area contributed by atoms with Crippen LogP contribution in [0.25, 0.3) is 0 Å². The van der Waals surface area contributed by atoms with Crippen LogP contribution in [0.3, 0.4) is 0 Å². The second-order valence-electron chi connectivity index (χ2n) is 6.06. The van der Waals surface area contributed by atoms with Crippen LogP contribution in [0.15, 0.2) is 47.5 Å². The molecule has 5 nitrogen and oxygen atoms in total. The number of aliphatic imine (C=N–C) groups is 1. The van der Waals surface area contributed by atoms with Crippen LogP contribution < -0.4 is 0 Å². The Labute approximate surface area is 129 Å². The lowest BCUT2D eigenvalue weighted by Crippen LogP contribution is -2.10. The number of phenolic OH excluding ortho intramolecular Hbond substituents is 1. The van der Waals surface area contributed by atoms with Crippen molar-refractivity contribution in [2.75, 3.05) is 0 Å². The van der Waals surface area contributed by atoms with E-state index in [0.29, 0.717) is 11.3 Å². The first-order valence-electron chi connectivity index (χ1n) is 6.89. The number of nitro groups is 1. The molecule has 0 aliphatic rings. The molecule has 0 atom stereocenters. The molecule has 22 heavy (non-hydrogen) atoms. The summed E-state index contributed by atoms with van der Waals surface area (Å²) >= 11 is 0. The van der Waals surface area contributed by atoms with E-state index in [9.17, 15) is 15.2 Å². The van der Waals surface area contributed by atoms with Crippen molar-refractivity contribution in [3.63, 3.8) is 0 Å². The fraction of sp³-hybridized carbons (Fsp3) is 0.235. The molecule has 114 valence electrons. The molecular weight excluding hydrogens is 280 g/mol. The van der Waals surface area contributed by atoms with E-state index >= 15 is 0 Å². The largest absolute Gasteiger partial charge is 0.506 e. The fourth-order valence-electron chi connectivity index (χ4n) is 1.96. The van der Waals surface area contributed by atoms with E-state index in [-0.39, 0.29) is 16.9 Å². The van der Waals surface area contributed by atoms with Crippen LogP contribution in [0.4, 0.5) is 11.4 Å². The number of nitro benzene ring substituents is 1. The molecule has 5 heteroatoms. The van der Waals surface area contributed by atoms with Gasteiger partial charge in [0, 0.05) is 18.3 Å². The molecule has 0 aromatic heterocycles. The summed E-state index contributed by atoms with van der Waals surface area (Å²) < 4.78 is 0. The van der Waals surface area contributed by atoms with Crippen molar-refractivity contribution in [3.05, 3.63) is 63.7 Å². The minimum atomic E-state index is -0.449. The first-order chi connectivity index (χ1) is 10.3. The van der Waals surface area contributed by atoms with Crippen LogP contribution in [-0.2, 0) is 5.41 Å². The maximum absolute atomic E-state index is 10.8. The lowest BCUT2D eigenvalue weighted by atomic mass is 9.87. The third kappa shape index (κ3) is 3.69. The molecule has 2 aromatic carbocycles. The number of aromatic hydroxyl groups is 1. The van der Waals surface area contributed by atoms with Gasteiger partial charge < -0.3 is 5.11 Å². The third-order valence-electron chi connectivity index (χ3n) is 3.28. The van der Waals surface area contributed by atoms with Gasteiger partial charge in [-0.05, 0) is 28.7 Å². The first-order valence-corrected chi connectivity index (χ1v) is 6.89. The number of benzene rings is 2. The number of phenols is 1. The predicted molar refractivity (Wildman–Crippen MR) is 87.2 cm³/mol. The summed E-state index contributed by atoms with van der Waals surface area (Å²) in [5, 5.41) is 20.7. The topological polar surface area (TPSA) is 75.7 Å². The van der Waals surface area contributed by atoms with Crippen molar-refractivity contribution in [3.8, 4) is 5.75 Å². The highest BCUT2D eigenvalue weighted by Gasteiger charge is 2.15. The molecule has 0 heterocycles. The van der Waals surface area contributed by atoms with Crippen molar-refractivity contribution in [2.45, 2.75) is 26.2 Å². The Morgan fingerprint density at radius 2 is 1.91 bits per heavy atom. The average molecular weight is 298 g/mol. The van der Waals surface area contributed by atoms with Crippen LogP contribution >= 0.6 is 0 Å². The Bertz CT molecular complexity index is 731. The smallest absolute Gasteiger partial charge is 0.270 e. The van der Waals surface area contributed by atoms with Gasteiger partial charge in [-0.25, -0.2) is 0 Å². The molecule has 0 aliphatic heterocycles. The monoisotopic (exact) mass is 298 g/mol. The van der Waals surface area contributed by atoms with E-state index in [4.69, 9.17) is 0 Å². The van der Waals surface area contributed by atoms with Gasteiger partial charge in [0.15, 0.2) is 0 Å². The van der Waals surface area contributed by atoms with Crippen LogP contribution in [0.2, 0.25) is 0 Å². The van der Waals surface area contributed by atoms with Gasteiger partial charge >= 0.3 is 0 Å². The van der Waals surface area contributed by atoms with Crippen LogP contribution in [0, 0.1) is 10.1 Å². The quantitative estimate of drug-likeness (QED) is 0.520. The van der Waals surface area contributed by atoms with Crippen molar-refractivity contribution >= 4 is 17.6 Å². The maximum atomic E-state index is 10.8. The highest BCUT2D eigenvalue weighted by atomic mass is 16.6. The second-order valence-corrected chi connectivity index (χ2v) is 6.06. The normalized spacial score (nSPS) is 11.8. The van der Waals surface area contributed by atoms with E-state index < -0.39 is 4.92 Å². The maximum Gasteiger partial charge on any atom is 0.270 e. The standard InChI is InChI=1S/C17H18N2O3/c1-17(2,3)13-7-8-16(20)15(10-13)18-11-12-5-4-6-14(9-12)19(21)22/h4-11,20H,1-3H3/b18-11+. The molecule has 0 saturated heterocycles. The highest BCUT2D eigenvalue weighted by molar-refractivity contribution is 5.83. The minimum absolute atomic E-state index is 0.0108. The number of hydrogen-bond acceptors (Lipinski definition) is 4. The molecule has 0 unspecified atom stereocenters. The van der Waals surface area contributed by atoms with Crippen LogP contribution in [0.1, 0.15) is 31.9 Å². The summed E-state index contributed by atoms with van der Waals surface area (Å²) in [5.74, 6) is 0.0784. The number of non-ortho nitro benzene ring substituents is 1. The van der Waals surface area contributed by atoms with E-state index in [2.05, 4.69) is 25.8 Å². The van der Waals surface area contributed by atoms with Crippen LogP contribution in [-0.4, -0.2) is 16.2 Å². The van der Waals surface area contributed by atoms with Crippen molar-refractivity contribution in [1.82, 2.24) is 0 Å². The Morgan fingerprint density at radius 1 is 1.18 bits per heavy atom.